The van der Waals surface area contributed by atoms with Crippen molar-refractivity contribution in [3.05, 3.63) is 77.2 Å². The van der Waals surface area contributed by atoms with Crippen LogP contribution >= 0.6 is 0 Å². The molecule has 2 aromatic carbocycles. The minimum Gasteiger partial charge on any atom is -0.480 e. The van der Waals surface area contributed by atoms with Crippen molar-refractivity contribution in [2.45, 2.75) is 18.5 Å². The molecule has 4 N–H and O–H groups in total. The average Bonchev–Trinajstić information content (AvgIpc) is 3.42. The lowest BCUT2D eigenvalue weighted by Gasteiger charge is -2.14. The molecule has 1 aromatic heterocycles. The summed E-state index contributed by atoms with van der Waals surface area (Å²) in [5.41, 5.74) is 4.42. The minimum atomic E-state index is -1.48. The fourth-order valence-electron chi connectivity index (χ4n) is 3.80. The van der Waals surface area contributed by atoms with E-state index in [9.17, 15) is 14.4 Å². The number of ether oxygens (including phenoxy) is 1. The molecule has 3 aromatic rings. The second-order valence-electron chi connectivity index (χ2n) is 7.40. The lowest BCUT2D eigenvalue weighted by Crippen LogP contribution is -2.43. The topological polar surface area (TPSA) is 151 Å². The summed E-state index contributed by atoms with van der Waals surface area (Å²) < 4.78 is 10.2. The highest BCUT2D eigenvalue weighted by Crippen LogP contribution is 2.44. The van der Waals surface area contributed by atoms with Crippen molar-refractivity contribution in [2.75, 3.05) is 13.2 Å². The molecule has 1 atom stereocenters. The first-order chi connectivity index (χ1) is 16.0. The van der Waals surface area contributed by atoms with Crippen molar-refractivity contribution in [1.29, 1.82) is 0 Å². The van der Waals surface area contributed by atoms with E-state index in [1.54, 1.807) is 0 Å². The third-order valence-electron chi connectivity index (χ3n) is 5.42. The van der Waals surface area contributed by atoms with Crippen LogP contribution in [0.25, 0.3) is 11.1 Å². The third kappa shape index (κ3) is 4.55. The van der Waals surface area contributed by atoms with E-state index >= 15 is 0 Å². The van der Waals surface area contributed by atoms with Gasteiger partial charge in [0.05, 0.1) is 13.2 Å². The van der Waals surface area contributed by atoms with Crippen LogP contribution in [0.15, 0.2) is 59.3 Å². The Hall–Kier alpha value is -4.18. The predicted octanol–water partition coefficient (Wildman–Crippen LogP) is 1.89. The molecule has 4 rings (SSSR count). The number of nitrogens with zero attached hydrogens (tertiary/aromatic N) is 1. The smallest absolute Gasteiger partial charge is 0.407 e. The molecule has 2 amide bonds. The molecular formula is C23H21N3O7. The molecular weight excluding hydrogens is 430 g/mol. The molecule has 10 heteroatoms. The number of alkyl carbamates (subject to hydrolysis) is 1. The molecule has 1 aliphatic rings. The highest BCUT2D eigenvalue weighted by Gasteiger charge is 2.29. The fourth-order valence-corrected chi connectivity index (χ4v) is 3.80. The molecule has 0 aliphatic heterocycles. The Balaban J connectivity index is 1.36. The Morgan fingerprint density at radius 1 is 1.06 bits per heavy atom. The number of fused-ring (bicyclic) bond motifs is 3. The molecule has 10 nitrogen and oxygen atoms in total. The van der Waals surface area contributed by atoms with Gasteiger partial charge in [0.1, 0.15) is 24.1 Å². The van der Waals surface area contributed by atoms with Crippen LogP contribution in [0.2, 0.25) is 0 Å². The molecule has 0 radical (unpaired) electrons. The Kier molecular flexibility index (Phi) is 6.36. The molecule has 33 heavy (non-hydrogen) atoms. The molecule has 0 saturated carbocycles. The van der Waals surface area contributed by atoms with Crippen molar-refractivity contribution in [2.24, 2.45) is 0 Å². The zero-order chi connectivity index (χ0) is 23.4. The number of hydrogen-bond donors (Lipinski definition) is 4. The number of aliphatic hydroxyl groups excluding tert-OH is 1. The van der Waals surface area contributed by atoms with Crippen LogP contribution in [-0.2, 0) is 16.1 Å². The van der Waals surface area contributed by atoms with E-state index in [0.717, 1.165) is 28.5 Å². The van der Waals surface area contributed by atoms with Crippen molar-refractivity contribution >= 4 is 18.0 Å². The van der Waals surface area contributed by atoms with Gasteiger partial charge >= 0.3 is 12.1 Å². The third-order valence-corrected chi connectivity index (χ3v) is 5.42. The lowest BCUT2D eigenvalue weighted by atomic mass is 9.98. The minimum absolute atomic E-state index is 0.0614. The molecule has 1 heterocycles. The summed E-state index contributed by atoms with van der Waals surface area (Å²) in [6.45, 7) is -0.824. The zero-order valence-corrected chi connectivity index (χ0v) is 17.4. The van der Waals surface area contributed by atoms with E-state index in [0.29, 0.717) is 0 Å². The molecule has 0 saturated heterocycles. The van der Waals surface area contributed by atoms with Gasteiger partial charge in [0.15, 0.2) is 6.04 Å². The SMILES string of the molecule is O=C(NCc1nocc1C(=O)NC(CO)C(=O)O)OCC1c2ccccc2-c2ccccc21. The molecule has 0 fully saturated rings. The average molecular weight is 451 g/mol. The molecule has 170 valence electrons. The molecule has 0 bridgehead atoms. The summed E-state index contributed by atoms with van der Waals surface area (Å²) in [5.74, 6) is -2.29. The van der Waals surface area contributed by atoms with Gasteiger partial charge in [0.25, 0.3) is 5.91 Å². The molecule has 1 unspecified atom stereocenters. The number of amides is 2. The van der Waals surface area contributed by atoms with E-state index in [-0.39, 0.29) is 30.3 Å². The van der Waals surface area contributed by atoms with Gasteiger partial charge in [0, 0.05) is 5.92 Å². The van der Waals surface area contributed by atoms with E-state index in [1.165, 1.54) is 0 Å². The maximum Gasteiger partial charge on any atom is 0.407 e. The molecule has 1 aliphatic carbocycles. The van der Waals surface area contributed by atoms with Gasteiger partial charge < -0.3 is 30.1 Å². The number of carboxylic acid groups (broad SMARTS) is 1. The van der Waals surface area contributed by atoms with E-state index in [2.05, 4.69) is 15.8 Å². The van der Waals surface area contributed by atoms with Crippen molar-refractivity contribution < 1.29 is 33.9 Å². The second-order valence-corrected chi connectivity index (χ2v) is 7.40. The largest absolute Gasteiger partial charge is 0.480 e. The van der Waals surface area contributed by atoms with Crippen molar-refractivity contribution in [1.82, 2.24) is 15.8 Å². The number of carbonyl (C=O) groups is 3. The van der Waals surface area contributed by atoms with E-state index < -0.39 is 30.6 Å². The zero-order valence-electron chi connectivity index (χ0n) is 17.4. The normalized spacial score (nSPS) is 13.0. The Labute approximate surface area is 188 Å². The van der Waals surface area contributed by atoms with E-state index in [1.807, 2.05) is 48.5 Å². The Bertz CT molecular complexity index is 1140. The number of aliphatic carboxylic acids is 1. The van der Waals surface area contributed by atoms with Crippen molar-refractivity contribution in [3.63, 3.8) is 0 Å². The van der Waals surface area contributed by atoms with Crippen LogP contribution in [0.4, 0.5) is 4.79 Å². The summed E-state index contributed by atoms with van der Waals surface area (Å²) in [4.78, 5) is 35.5. The van der Waals surface area contributed by atoms with Gasteiger partial charge in [-0.1, -0.05) is 53.7 Å². The lowest BCUT2D eigenvalue weighted by molar-refractivity contribution is -0.140. The van der Waals surface area contributed by atoms with Crippen LogP contribution in [-0.4, -0.2) is 52.6 Å². The standard InChI is InChI=1S/C23H21N3O7/c27-10-20(22(29)30)25-21(28)18-12-33-26-19(18)9-24-23(31)32-11-17-15-7-3-1-5-13(15)14-6-2-4-8-16(14)17/h1-8,12,17,20,27H,9-11H2,(H,24,31)(H,25,28)(H,29,30). The van der Waals surface area contributed by atoms with Gasteiger partial charge in [0.2, 0.25) is 0 Å². The van der Waals surface area contributed by atoms with Gasteiger partial charge in [-0.3, -0.25) is 4.79 Å². The van der Waals surface area contributed by atoms with Crippen LogP contribution in [0.1, 0.15) is 33.1 Å². The van der Waals surface area contributed by atoms with Gasteiger partial charge in [-0.2, -0.15) is 0 Å². The number of nitrogens with one attached hydrogen (secondary N) is 2. The summed E-state index contributed by atoms with van der Waals surface area (Å²) in [6.07, 6.45) is 0.324. The van der Waals surface area contributed by atoms with Crippen LogP contribution in [0, 0.1) is 0 Å². The summed E-state index contributed by atoms with van der Waals surface area (Å²) >= 11 is 0. The maximum absolute atomic E-state index is 12.3. The van der Waals surface area contributed by atoms with Crippen LogP contribution < -0.4 is 10.6 Å². The number of carboxylic acids is 1. The maximum atomic E-state index is 12.3. The number of aliphatic hydroxyl groups is 1. The number of hydrogen-bond acceptors (Lipinski definition) is 7. The highest BCUT2D eigenvalue weighted by atomic mass is 16.5. The summed E-state index contributed by atoms with van der Waals surface area (Å²) in [5, 5.41) is 26.3. The number of benzene rings is 2. The monoisotopic (exact) mass is 451 g/mol. The highest BCUT2D eigenvalue weighted by molar-refractivity contribution is 5.97. The second kappa shape index (κ2) is 9.53. The first-order valence-electron chi connectivity index (χ1n) is 10.2. The molecule has 0 spiro atoms. The van der Waals surface area contributed by atoms with Crippen LogP contribution in [0.5, 0.6) is 0 Å². The fraction of sp³-hybridized carbons (Fsp3) is 0.217. The van der Waals surface area contributed by atoms with Gasteiger partial charge in [-0.05, 0) is 22.3 Å². The van der Waals surface area contributed by atoms with Gasteiger partial charge in [-0.25, -0.2) is 9.59 Å². The number of carbonyl (C=O) groups excluding carboxylic acids is 2. The predicted molar refractivity (Wildman–Crippen MR) is 114 cm³/mol. The number of rotatable bonds is 8. The van der Waals surface area contributed by atoms with Crippen LogP contribution in [0.3, 0.4) is 0 Å². The first-order valence-corrected chi connectivity index (χ1v) is 10.2. The number of aromatic nitrogens is 1. The van der Waals surface area contributed by atoms with E-state index in [4.69, 9.17) is 19.5 Å². The Morgan fingerprint density at radius 2 is 1.70 bits per heavy atom. The van der Waals surface area contributed by atoms with Gasteiger partial charge in [-0.15, -0.1) is 0 Å². The Morgan fingerprint density at radius 3 is 2.30 bits per heavy atom. The summed E-state index contributed by atoms with van der Waals surface area (Å²) in [6, 6.07) is 14.5. The first kappa shape index (κ1) is 22.0. The van der Waals surface area contributed by atoms with Crippen molar-refractivity contribution in [3.8, 4) is 11.1 Å². The summed E-state index contributed by atoms with van der Waals surface area (Å²) in [7, 11) is 0. The quantitative estimate of drug-likeness (QED) is 0.405.